The summed E-state index contributed by atoms with van der Waals surface area (Å²) < 4.78 is 11.3. The largest absolute Gasteiger partial charge is 0.491 e. The molecule has 21 heavy (non-hydrogen) atoms. The molecule has 112 valence electrons. The molecule has 0 saturated carbocycles. The van der Waals surface area contributed by atoms with Gasteiger partial charge in [0.1, 0.15) is 17.7 Å². The molecule has 0 bridgehead atoms. The van der Waals surface area contributed by atoms with E-state index in [0.717, 1.165) is 35.6 Å². The summed E-state index contributed by atoms with van der Waals surface area (Å²) in [4.78, 5) is 4.80. The lowest BCUT2D eigenvalue weighted by molar-refractivity contribution is 0.186. The minimum absolute atomic E-state index is 0.593. The molecule has 0 spiro atoms. The van der Waals surface area contributed by atoms with Crippen LogP contribution >= 0.6 is 0 Å². The molecule has 1 unspecified atom stereocenters. The van der Waals surface area contributed by atoms with Gasteiger partial charge < -0.3 is 19.1 Å². The van der Waals surface area contributed by atoms with E-state index in [-0.39, 0.29) is 0 Å². The van der Waals surface area contributed by atoms with Crippen LogP contribution in [-0.4, -0.2) is 49.4 Å². The third-order valence-corrected chi connectivity index (χ3v) is 4.71. The molecule has 5 heteroatoms. The third-order valence-electron chi connectivity index (χ3n) is 4.71. The highest BCUT2D eigenvalue weighted by Crippen LogP contribution is 2.36. The standard InChI is InChI=1S/C16H21N3O2/c1-18-8-3-2-5-12(18)11-19-9-10-20-13-6-4-7-14-15(13)16(19)17-21-14/h4,6-7,12H,2-3,5,8-11H2,1H3. The number of ether oxygens (including phenoxy) is 1. The van der Waals surface area contributed by atoms with Crippen LogP contribution in [-0.2, 0) is 0 Å². The lowest BCUT2D eigenvalue weighted by atomic mass is 10.0. The van der Waals surface area contributed by atoms with Crippen molar-refractivity contribution in [2.24, 2.45) is 0 Å². The number of anilines is 1. The van der Waals surface area contributed by atoms with Gasteiger partial charge in [-0.05, 0) is 38.6 Å². The van der Waals surface area contributed by atoms with E-state index < -0.39 is 0 Å². The van der Waals surface area contributed by atoms with E-state index >= 15 is 0 Å². The normalized spacial score (nSPS) is 23.1. The van der Waals surface area contributed by atoms with Crippen molar-refractivity contribution in [3.63, 3.8) is 0 Å². The predicted molar refractivity (Wildman–Crippen MR) is 82.0 cm³/mol. The van der Waals surface area contributed by atoms with Crippen molar-refractivity contribution in [2.45, 2.75) is 25.3 Å². The maximum Gasteiger partial charge on any atom is 0.183 e. The molecule has 2 aliphatic heterocycles. The van der Waals surface area contributed by atoms with E-state index in [1.165, 1.54) is 25.8 Å². The molecule has 5 nitrogen and oxygen atoms in total. The number of hydrogen-bond acceptors (Lipinski definition) is 5. The maximum absolute atomic E-state index is 5.87. The number of aromatic nitrogens is 1. The molecule has 0 radical (unpaired) electrons. The highest BCUT2D eigenvalue weighted by atomic mass is 16.5. The summed E-state index contributed by atoms with van der Waals surface area (Å²) in [5, 5.41) is 5.33. The van der Waals surface area contributed by atoms with Crippen molar-refractivity contribution in [1.82, 2.24) is 10.1 Å². The summed E-state index contributed by atoms with van der Waals surface area (Å²) in [6.45, 7) is 3.75. The predicted octanol–water partition coefficient (Wildman–Crippen LogP) is 2.51. The first-order chi connectivity index (χ1) is 10.3. The highest BCUT2D eigenvalue weighted by Gasteiger charge is 2.27. The Balaban J connectivity index is 1.66. The molecule has 0 aliphatic carbocycles. The number of nitrogens with zero attached hydrogens (tertiary/aromatic N) is 3. The summed E-state index contributed by atoms with van der Waals surface area (Å²) in [6, 6.07) is 6.50. The second kappa shape index (κ2) is 5.22. The monoisotopic (exact) mass is 287 g/mol. The van der Waals surface area contributed by atoms with Gasteiger partial charge in [0, 0.05) is 12.6 Å². The summed E-state index contributed by atoms with van der Waals surface area (Å²) in [5.41, 5.74) is 0.811. The Kier molecular flexibility index (Phi) is 3.22. The Bertz CT molecular complexity index is 639. The zero-order valence-corrected chi connectivity index (χ0v) is 12.4. The first-order valence-corrected chi connectivity index (χ1v) is 7.79. The molecule has 0 amide bonds. The lowest BCUT2D eigenvalue weighted by Crippen LogP contribution is -2.45. The molecule has 1 atom stereocenters. The number of hydrogen-bond donors (Lipinski definition) is 0. The van der Waals surface area contributed by atoms with Crippen LogP contribution < -0.4 is 9.64 Å². The fourth-order valence-corrected chi connectivity index (χ4v) is 3.46. The molecule has 1 saturated heterocycles. The van der Waals surface area contributed by atoms with Gasteiger partial charge in [0.05, 0.1) is 6.54 Å². The lowest BCUT2D eigenvalue weighted by Gasteiger charge is -2.36. The van der Waals surface area contributed by atoms with Crippen LogP contribution in [0.3, 0.4) is 0 Å². The van der Waals surface area contributed by atoms with Gasteiger partial charge in [-0.15, -0.1) is 0 Å². The van der Waals surface area contributed by atoms with Crippen LogP contribution in [0.25, 0.3) is 11.0 Å². The van der Waals surface area contributed by atoms with Crippen LogP contribution in [0.1, 0.15) is 19.3 Å². The number of likely N-dealkylation sites (N-methyl/N-ethyl adjacent to an activating group) is 1. The number of benzene rings is 1. The van der Waals surface area contributed by atoms with Crippen molar-refractivity contribution in [3.8, 4) is 5.75 Å². The van der Waals surface area contributed by atoms with Crippen LogP contribution in [0.15, 0.2) is 22.7 Å². The number of rotatable bonds is 2. The number of likely N-dealkylation sites (tertiary alicyclic amines) is 1. The molecular weight excluding hydrogens is 266 g/mol. The van der Waals surface area contributed by atoms with Gasteiger partial charge in [0.2, 0.25) is 0 Å². The van der Waals surface area contributed by atoms with E-state index in [1.807, 2.05) is 18.2 Å². The van der Waals surface area contributed by atoms with E-state index in [2.05, 4.69) is 22.0 Å². The summed E-state index contributed by atoms with van der Waals surface area (Å²) >= 11 is 0. The Labute approximate surface area is 124 Å². The van der Waals surface area contributed by atoms with Crippen molar-refractivity contribution in [2.75, 3.05) is 38.2 Å². The summed E-state index contributed by atoms with van der Waals surface area (Å²) in [7, 11) is 2.23. The second-order valence-corrected chi connectivity index (χ2v) is 6.06. The minimum atomic E-state index is 0.593. The Morgan fingerprint density at radius 3 is 3.14 bits per heavy atom. The van der Waals surface area contributed by atoms with Gasteiger partial charge in [0.25, 0.3) is 0 Å². The topological polar surface area (TPSA) is 41.7 Å². The first kappa shape index (κ1) is 13.0. The fourth-order valence-electron chi connectivity index (χ4n) is 3.46. The van der Waals surface area contributed by atoms with Crippen molar-refractivity contribution in [1.29, 1.82) is 0 Å². The van der Waals surface area contributed by atoms with Gasteiger partial charge in [-0.25, -0.2) is 0 Å². The average molecular weight is 287 g/mol. The van der Waals surface area contributed by atoms with Crippen LogP contribution in [0, 0.1) is 0 Å². The van der Waals surface area contributed by atoms with Crippen molar-refractivity contribution >= 4 is 16.8 Å². The molecule has 2 aromatic rings. The number of piperidine rings is 1. The first-order valence-electron chi connectivity index (χ1n) is 7.79. The van der Waals surface area contributed by atoms with Gasteiger partial charge in [-0.1, -0.05) is 17.6 Å². The zero-order chi connectivity index (χ0) is 14.2. The summed E-state index contributed by atoms with van der Waals surface area (Å²) in [5.74, 6) is 1.83. The molecule has 4 rings (SSSR count). The van der Waals surface area contributed by atoms with E-state index in [4.69, 9.17) is 9.26 Å². The average Bonchev–Trinajstić information content (AvgIpc) is 2.84. The SMILES string of the molecule is CN1CCCCC1CN1CCOc2cccc3onc1c23. The Morgan fingerprint density at radius 2 is 2.24 bits per heavy atom. The van der Waals surface area contributed by atoms with E-state index in [0.29, 0.717) is 12.6 Å². The van der Waals surface area contributed by atoms with E-state index in [9.17, 15) is 0 Å². The van der Waals surface area contributed by atoms with Crippen molar-refractivity contribution < 1.29 is 9.26 Å². The second-order valence-electron chi connectivity index (χ2n) is 6.06. The van der Waals surface area contributed by atoms with Crippen LogP contribution in [0.5, 0.6) is 5.75 Å². The third kappa shape index (κ3) is 2.25. The quantitative estimate of drug-likeness (QED) is 0.849. The van der Waals surface area contributed by atoms with Crippen molar-refractivity contribution in [3.05, 3.63) is 18.2 Å². The molecule has 1 aromatic carbocycles. The van der Waals surface area contributed by atoms with Gasteiger partial charge >= 0.3 is 0 Å². The highest BCUT2D eigenvalue weighted by molar-refractivity contribution is 5.94. The molecule has 3 heterocycles. The Hall–Kier alpha value is -1.75. The van der Waals surface area contributed by atoms with Gasteiger partial charge in [-0.2, -0.15) is 0 Å². The zero-order valence-electron chi connectivity index (χ0n) is 12.4. The molecule has 2 aliphatic rings. The molecule has 0 N–H and O–H groups in total. The van der Waals surface area contributed by atoms with Crippen LogP contribution in [0.4, 0.5) is 5.82 Å². The van der Waals surface area contributed by atoms with E-state index in [1.54, 1.807) is 0 Å². The Morgan fingerprint density at radius 1 is 1.29 bits per heavy atom. The maximum atomic E-state index is 5.87. The smallest absolute Gasteiger partial charge is 0.183 e. The van der Waals surface area contributed by atoms with Crippen LogP contribution in [0.2, 0.25) is 0 Å². The molecular formula is C16H21N3O2. The van der Waals surface area contributed by atoms with Gasteiger partial charge in [-0.3, -0.25) is 0 Å². The van der Waals surface area contributed by atoms with Gasteiger partial charge in [0.15, 0.2) is 11.4 Å². The molecule has 1 fully saturated rings. The summed E-state index contributed by atoms with van der Waals surface area (Å²) in [6.07, 6.45) is 3.90. The fraction of sp³-hybridized carbons (Fsp3) is 0.562. The minimum Gasteiger partial charge on any atom is -0.491 e. The molecule has 1 aromatic heterocycles.